The highest BCUT2D eigenvalue weighted by Crippen LogP contribution is 2.49. The second-order valence-electron chi connectivity index (χ2n) is 5.92. The van der Waals surface area contributed by atoms with E-state index in [1.165, 1.54) is 0 Å². The fourth-order valence-electron chi connectivity index (χ4n) is 2.71. The van der Waals surface area contributed by atoms with Crippen molar-refractivity contribution in [3.63, 3.8) is 0 Å². The number of hydrogen-bond donors (Lipinski definition) is 3. The van der Waals surface area contributed by atoms with Gasteiger partial charge in [-0.15, -0.1) is 0 Å². The number of carbonyl (C=O) groups is 1. The summed E-state index contributed by atoms with van der Waals surface area (Å²) in [7, 11) is 0. The predicted octanol–water partition coefficient (Wildman–Crippen LogP) is 0.601. The molecular formula is C14H24N4O2. The molecule has 0 saturated heterocycles. The maximum Gasteiger partial charge on any atom is 0.240 e. The molecule has 112 valence electrons. The highest BCUT2D eigenvalue weighted by molar-refractivity contribution is 5.88. The van der Waals surface area contributed by atoms with E-state index < -0.39 is 5.54 Å². The number of nitrogens with zero attached hydrogens (tertiary/aromatic N) is 1. The molecule has 6 nitrogen and oxygen atoms in total. The molecule has 2 unspecified atom stereocenters. The first-order valence-electron chi connectivity index (χ1n) is 7.08. The quantitative estimate of drug-likeness (QED) is 0.711. The Hall–Kier alpha value is -1.40. The van der Waals surface area contributed by atoms with Crippen molar-refractivity contribution in [1.82, 2.24) is 15.3 Å². The molecular weight excluding hydrogens is 256 g/mol. The number of aromatic nitrogens is 2. The molecule has 6 heteroatoms. The number of nitrogens with one attached hydrogen (secondary N) is 2. The standard InChI is InChI=1S/C14H24N4O2/c1-4-20-11-7-14(15,13(11,2)3)12(19)17-6-5-10-8-16-9-18-10/h8-9,11H,4-7,15H2,1-3H3,(H,16,18)(H,17,19). The third kappa shape index (κ3) is 2.45. The maximum atomic E-state index is 12.3. The van der Waals surface area contributed by atoms with E-state index in [0.717, 1.165) is 12.1 Å². The van der Waals surface area contributed by atoms with Gasteiger partial charge in [0, 0.05) is 43.3 Å². The SMILES string of the molecule is CCOC1CC(N)(C(=O)NCCc2cnc[nH]2)C1(C)C. The molecule has 0 spiro atoms. The molecule has 1 fully saturated rings. The first kappa shape index (κ1) is 15.0. The lowest BCUT2D eigenvalue weighted by atomic mass is 9.54. The number of nitrogens with two attached hydrogens (primary N) is 1. The summed E-state index contributed by atoms with van der Waals surface area (Å²) in [6.45, 7) is 7.13. The van der Waals surface area contributed by atoms with Gasteiger partial charge in [-0.05, 0) is 6.92 Å². The van der Waals surface area contributed by atoms with Gasteiger partial charge in [0.25, 0.3) is 0 Å². The molecule has 20 heavy (non-hydrogen) atoms. The van der Waals surface area contributed by atoms with E-state index in [2.05, 4.69) is 15.3 Å². The van der Waals surface area contributed by atoms with Crippen LogP contribution in [0.1, 0.15) is 32.9 Å². The minimum atomic E-state index is -0.846. The highest BCUT2D eigenvalue weighted by atomic mass is 16.5. The zero-order valence-electron chi connectivity index (χ0n) is 12.4. The minimum absolute atomic E-state index is 0.0517. The van der Waals surface area contributed by atoms with Crippen LogP contribution in [-0.2, 0) is 16.0 Å². The van der Waals surface area contributed by atoms with Gasteiger partial charge in [0.05, 0.1) is 12.4 Å². The second-order valence-corrected chi connectivity index (χ2v) is 5.92. The maximum absolute atomic E-state index is 12.3. The summed E-state index contributed by atoms with van der Waals surface area (Å²) in [6, 6.07) is 0. The number of hydrogen-bond acceptors (Lipinski definition) is 4. The average molecular weight is 280 g/mol. The van der Waals surface area contributed by atoms with Gasteiger partial charge in [0.15, 0.2) is 0 Å². The topological polar surface area (TPSA) is 93.0 Å². The Morgan fingerprint density at radius 2 is 2.40 bits per heavy atom. The van der Waals surface area contributed by atoms with Gasteiger partial charge < -0.3 is 20.8 Å². The molecule has 1 heterocycles. The Labute approximate surface area is 119 Å². The minimum Gasteiger partial charge on any atom is -0.378 e. The van der Waals surface area contributed by atoms with E-state index in [4.69, 9.17) is 10.5 Å². The van der Waals surface area contributed by atoms with E-state index in [-0.39, 0.29) is 17.4 Å². The Bertz CT molecular complexity index is 458. The van der Waals surface area contributed by atoms with Crippen LogP contribution in [0.5, 0.6) is 0 Å². The zero-order valence-corrected chi connectivity index (χ0v) is 12.4. The number of rotatable bonds is 6. The average Bonchev–Trinajstić information content (AvgIpc) is 2.91. The summed E-state index contributed by atoms with van der Waals surface area (Å²) in [5.41, 5.74) is 6.10. The lowest BCUT2D eigenvalue weighted by Gasteiger charge is -2.57. The van der Waals surface area contributed by atoms with E-state index >= 15 is 0 Å². The van der Waals surface area contributed by atoms with Crippen LogP contribution in [0.25, 0.3) is 0 Å². The van der Waals surface area contributed by atoms with Crippen molar-refractivity contribution in [2.45, 2.75) is 45.3 Å². The number of aromatic amines is 1. The van der Waals surface area contributed by atoms with Crippen molar-refractivity contribution < 1.29 is 9.53 Å². The first-order chi connectivity index (χ1) is 9.41. The fraction of sp³-hybridized carbons (Fsp3) is 0.714. The van der Waals surface area contributed by atoms with Gasteiger partial charge in [-0.2, -0.15) is 0 Å². The van der Waals surface area contributed by atoms with Crippen LogP contribution in [0.15, 0.2) is 12.5 Å². The summed E-state index contributed by atoms with van der Waals surface area (Å²) in [5, 5.41) is 2.91. The largest absolute Gasteiger partial charge is 0.378 e. The van der Waals surface area contributed by atoms with Crippen molar-refractivity contribution in [2.75, 3.05) is 13.2 Å². The van der Waals surface area contributed by atoms with Gasteiger partial charge in [0.2, 0.25) is 5.91 Å². The molecule has 1 aliphatic rings. The van der Waals surface area contributed by atoms with E-state index in [1.54, 1.807) is 12.5 Å². The summed E-state index contributed by atoms with van der Waals surface area (Å²) in [4.78, 5) is 19.3. The third-order valence-electron chi connectivity index (χ3n) is 4.47. The molecule has 0 radical (unpaired) electrons. The molecule has 1 aromatic rings. The van der Waals surface area contributed by atoms with Gasteiger partial charge in [-0.1, -0.05) is 13.8 Å². The number of ether oxygens (including phenoxy) is 1. The Morgan fingerprint density at radius 1 is 1.65 bits per heavy atom. The molecule has 4 N–H and O–H groups in total. The number of imidazole rings is 1. The van der Waals surface area contributed by atoms with E-state index in [1.807, 2.05) is 20.8 Å². The van der Waals surface area contributed by atoms with Crippen molar-refractivity contribution in [1.29, 1.82) is 0 Å². The number of carbonyl (C=O) groups excluding carboxylic acids is 1. The van der Waals surface area contributed by atoms with Crippen LogP contribution in [0, 0.1) is 5.41 Å². The van der Waals surface area contributed by atoms with Crippen LogP contribution in [0.4, 0.5) is 0 Å². The molecule has 2 atom stereocenters. The van der Waals surface area contributed by atoms with Crippen LogP contribution < -0.4 is 11.1 Å². The fourth-order valence-corrected chi connectivity index (χ4v) is 2.71. The van der Waals surface area contributed by atoms with Crippen LogP contribution in [-0.4, -0.2) is 40.7 Å². The molecule has 2 rings (SSSR count). The van der Waals surface area contributed by atoms with Crippen molar-refractivity contribution in [2.24, 2.45) is 11.1 Å². The molecule has 0 bridgehead atoms. The van der Waals surface area contributed by atoms with Crippen molar-refractivity contribution >= 4 is 5.91 Å². The first-order valence-corrected chi connectivity index (χ1v) is 7.08. The lowest BCUT2D eigenvalue weighted by Crippen LogP contribution is -2.75. The smallest absolute Gasteiger partial charge is 0.240 e. The monoisotopic (exact) mass is 280 g/mol. The summed E-state index contributed by atoms with van der Waals surface area (Å²) in [6.07, 6.45) is 4.73. The molecule has 1 saturated carbocycles. The highest BCUT2D eigenvalue weighted by Gasteiger charge is 2.62. The van der Waals surface area contributed by atoms with E-state index in [9.17, 15) is 4.79 Å². The van der Waals surface area contributed by atoms with Gasteiger partial charge in [-0.25, -0.2) is 4.98 Å². The van der Waals surface area contributed by atoms with Gasteiger partial charge in [-0.3, -0.25) is 4.79 Å². The zero-order chi connectivity index (χ0) is 14.8. The summed E-state index contributed by atoms with van der Waals surface area (Å²) in [5.74, 6) is -0.0991. The number of H-pyrrole nitrogens is 1. The summed E-state index contributed by atoms with van der Waals surface area (Å²) < 4.78 is 5.63. The normalized spacial score (nSPS) is 27.9. The van der Waals surface area contributed by atoms with Crippen molar-refractivity contribution in [3.05, 3.63) is 18.2 Å². The van der Waals surface area contributed by atoms with E-state index in [0.29, 0.717) is 19.6 Å². The molecule has 1 aliphatic carbocycles. The summed E-state index contributed by atoms with van der Waals surface area (Å²) >= 11 is 0. The van der Waals surface area contributed by atoms with Crippen LogP contribution in [0.2, 0.25) is 0 Å². The van der Waals surface area contributed by atoms with Crippen LogP contribution in [0.3, 0.4) is 0 Å². The van der Waals surface area contributed by atoms with Gasteiger partial charge >= 0.3 is 0 Å². The molecule has 0 aromatic carbocycles. The van der Waals surface area contributed by atoms with Gasteiger partial charge in [0.1, 0.15) is 5.54 Å². The predicted molar refractivity (Wildman–Crippen MR) is 76.0 cm³/mol. The Kier molecular flexibility index (Phi) is 4.15. The molecule has 0 aliphatic heterocycles. The van der Waals surface area contributed by atoms with Crippen LogP contribution >= 0.6 is 0 Å². The van der Waals surface area contributed by atoms with Crippen molar-refractivity contribution in [3.8, 4) is 0 Å². The Balaban J connectivity index is 1.86. The number of amides is 1. The third-order valence-corrected chi connectivity index (χ3v) is 4.47. The Morgan fingerprint density at radius 3 is 2.95 bits per heavy atom. The molecule has 1 amide bonds. The molecule has 1 aromatic heterocycles. The second kappa shape index (κ2) is 5.54. The lowest BCUT2D eigenvalue weighted by molar-refractivity contribution is -0.170.